The molecule has 1 unspecified atom stereocenters. The molecule has 0 amide bonds. The maximum atomic E-state index is 12.5. The molecule has 6 nitrogen and oxygen atoms in total. The highest BCUT2D eigenvalue weighted by Gasteiger charge is 2.64. The molecule has 158 valence electrons. The molecule has 1 atom stereocenters. The summed E-state index contributed by atoms with van der Waals surface area (Å²) in [4.78, 5) is 12.5. The van der Waals surface area contributed by atoms with Crippen LogP contribution in [0.1, 0.15) is 48.5 Å². The Morgan fingerprint density at radius 1 is 0.778 bits per heavy atom. The average molecular weight is 451 g/mol. The van der Waals surface area contributed by atoms with Crippen molar-refractivity contribution in [2.24, 2.45) is 0 Å². The molecule has 1 heterocycles. The third-order valence-electron chi connectivity index (χ3n) is 4.49. The van der Waals surface area contributed by atoms with E-state index in [4.69, 9.17) is 20.9 Å². The zero-order valence-corrected chi connectivity index (χ0v) is 22.9. The zero-order chi connectivity index (χ0) is 21.4. The number of rotatable bonds is 5. The van der Waals surface area contributed by atoms with Gasteiger partial charge in [-0.15, -0.1) is 0 Å². The smallest absolute Gasteiger partial charge is 0.471 e. The molecule has 0 aromatic carbocycles. The van der Waals surface area contributed by atoms with E-state index in [9.17, 15) is 4.79 Å². The molecule has 0 spiro atoms. The minimum absolute atomic E-state index is 0.118. The van der Waals surface area contributed by atoms with E-state index in [1.165, 1.54) is 0 Å². The summed E-state index contributed by atoms with van der Waals surface area (Å²) in [5.74, 6) is -0.479. The van der Waals surface area contributed by atoms with Gasteiger partial charge < -0.3 is 20.9 Å². The second-order valence-electron chi connectivity index (χ2n) is 9.17. The summed E-state index contributed by atoms with van der Waals surface area (Å²) in [5, 5.41) is 0. The first-order valence-electron chi connectivity index (χ1n) is 9.68. The first kappa shape index (κ1) is 25.0. The predicted octanol–water partition coefficient (Wildman–Crippen LogP) is 5.20. The van der Waals surface area contributed by atoms with Gasteiger partial charge in [0.2, 0.25) is 0 Å². The molecule has 0 N–H and O–H groups in total. The van der Waals surface area contributed by atoms with E-state index in [1.54, 1.807) is 6.92 Å². The minimum atomic E-state index is -3.44. The fraction of sp³-hybridized carbons (Fsp3) is 0.824. The van der Waals surface area contributed by atoms with Crippen molar-refractivity contribution in [3.63, 3.8) is 0 Å². The lowest BCUT2D eigenvalue weighted by Gasteiger charge is -2.52. The second-order valence-corrected chi connectivity index (χ2v) is 24.4. The van der Waals surface area contributed by atoms with Gasteiger partial charge in [0.1, 0.15) is 0 Å². The molecule has 1 fully saturated rings. The Kier molecular flexibility index (Phi) is 7.71. The predicted molar refractivity (Wildman–Crippen MR) is 117 cm³/mol. The number of carbonyl (C=O) groups excluding carboxylic acids is 1. The molecule has 27 heavy (non-hydrogen) atoms. The molecule has 10 heteroatoms. The van der Waals surface area contributed by atoms with Crippen LogP contribution in [-0.2, 0) is 25.7 Å². The van der Waals surface area contributed by atoms with Gasteiger partial charge in [0.15, 0.2) is 0 Å². The van der Waals surface area contributed by atoms with Crippen LogP contribution in [0.4, 0.5) is 0 Å². The van der Waals surface area contributed by atoms with E-state index in [0.29, 0.717) is 5.57 Å². The van der Waals surface area contributed by atoms with E-state index >= 15 is 0 Å². The third kappa shape index (κ3) is 5.72. The molecule has 0 aromatic heterocycles. The lowest BCUT2D eigenvalue weighted by Crippen LogP contribution is -2.71. The van der Waals surface area contributed by atoms with Gasteiger partial charge in [0.05, 0.1) is 0 Å². The molecule has 0 aliphatic carbocycles. The molecule has 0 bridgehead atoms. The molecular formula is C17H38O6Si4. The lowest BCUT2D eigenvalue weighted by atomic mass is 10.4. The summed E-state index contributed by atoms with van der Waals surface area (Å²) in [5.41, 5.74) is 0.503. The molecule has 0 saturated carbocycles. The molecule has 1 saturated heterocycles. The summed E-state index contributed by atoms with van der Waals surface area (Å²) in [6.45, 7) is 25.8. The third-order valence-corrected chi connectivity index (χ3v) is 22.3. The van der Waals surface area contributed by atoms with Crippen molar-refractivity contribution in [3.8, 4) is 0 Å². The molecule has 0 radical (unpaired) electrons. The van der Waals surface area contributed by atoms with Crippen LogP contribution in [-0.4, -0.2) is 40.5 Å². The van der Waals surface area contributed by atoms with Gasteiger partial charge in [0.25, 0.3) is 0 Å². The van der Waals surface area contributed by atoms with E-state index in [1.807, 2.05) is 40.0 Å². The molecular weight excluding hydrogens is 413 g/mol. The van der Waals surface area contributed by atoms with E-state index in [-0.39, 0.29) is 16.6 Å². The Hall–Kier alpha value is -0.0825. The van der Waals surface area contributed by atoms with Crippen LogP contribution < -0.4 is 0 Å². The lowest BCUT2D eigenvalue weighted by molar-refractivity contribution is -0.133. The summed E-state index contributed by atoms with van der Waals surface area (Å²) in [6.07, 6.45) is 0. The van der Waals surface area contributed by atoms with Crippen molar-refractivity contribution in [2.75, 3.05) is 0 Å². The quantitative estimate of drug-likeness (QED) is 0.424. The first-order chi connectivity index (χ1) is 12.0. The number of hydrogen-bond donors (Lipinski definition) is 0. The van der Waals surface area contributed by atoms with Gasteiger partial charge >= 0.3 is 40.5 Å². The van der Waals surface area contributed by atoms with Crippen molar-refractivity contribution < 1.29 is 25.7 Å². The summed E-state index contributed by atoms with van der Waals surface area (Å²) < 4.78 is 32.7. The van der Waals surface area contributed by atoms with Crippen LogP contribution in [0.3, 0.4) is 0 Å². The van der Waals surface area contributed by atoms with Crippen LogP contribution >= 0.6 is 0 Å². The Balaban J connectivity index is 3.63. The van der Waals surface area contributed by atoms with Gasteiger partial charge in [-0.25, -0.2) is 4.79 Å². The normalized spacial score (nSPS) is 27.3. The van der Waals surface area contributed by atoms with Crippen LogP contribution in [0, 0.1) is 0 Å². The Morgan fingerprint density at radius 3 is 1.59 bits per heavy atom. The van der Waals surface area contributed by atoms with Crippen molar-refractivity contribution in [1.82, 2.24) is 0 Å². The summed E-state index contributed by atoms with van der Waals surface area (Å²) in [6, 6.07) is 0. The van der Waals surface area contributed by atoms with Crippen molar-refractivity contribution in [3.05, 3.63) is 12.2 Å². The van der Waals surface area contributed by atoms with Crippen molar-refractivity contribution in [1.29, 1.82) is 0 Å². The highest BCUT2D eigenvalue weighted by molar-refractivity contribution is 6.93. The Morgan fingerprint density at radius 2 is 1.22 bits per heavy atom. The Bertz CT molecular complexity index is 568. The van der Waals surface area contributed by atoms with Crippen LogP contribution in [0.5, 0.6) is 0 Å². The fourth-order valence-electron chi connectivity index (χ4n) is 3.37. The van der Waals surface area contributed by atoms with Gasteiger partial charge in [0, 0.05) is 11.1 Å². The van der Waals surface area contributed by atoms with Crippen molar-refractivity contribution >= 4 is 40.5 Å². The number of hydrogen-bond acceptors (Lipinski definition) is 6. The van der Waals surface area contributed by atoms with Crippen LogP contribution in [0.2, 0.25) is 42.8 Å². The van der Waals surface area contributed by atoms with Crippen LogP contribution in [0.25, 0.3) is 0 Å². The average Bonchev–Trinajstić information content (AvgIpc) is 2.41. The monoisotopic (exact) mass is 450 g/mol. The van der Waals surface area contributed by atoms with Gasteiger partial charge in [-0.3, -0.25) is 0 Å². The Labute approximate surface area is 169 Å². The largest absolute Gasteiger partial charge is 0.553 e. The van der Waals surface area contributed by atoms with Gasteiger partial charge in [-0.2, -0.15) is 0 Å². The molecule has 0 aromatic rings. The van der Waals surface area contributed by atoms with E-state index < -0.39 is 40.5 Å². The maximum absolute atomic E-state index is 12.5. The highest BCUT2D eigenvalue weighted by Crippen LogP contribution is 2.45. The minimum Gasteiger partial charge on any atom is -0.471 e. The van der Waals surface area contributed by atoms with E-state index in [0.717, 1.165) is 0 Å². The molecule has 1 rings (SSSR count). The number of carbonyl (C=O) groups is 1. The summed E-state index contributed by atoms with van der Waals surface area (Å²) >= 11 is 0. The van der Waals surface area contributed by atoms with Crippen molar-refractivity contribution in [2.45, 2.75) is 91.3 Å². The molecule has 1 aliphatic heterocycles. The fourth-order valence-corrected chi connectivity index (χ4v) is 25.9. The second kappa shape index (κ2) is 8.34. The SMILES string of the molecule is C=C(C)C(=O)O[Si]1(C(C)C)O[Si](C)(C)O[Si](C)(C)O[Si](C(C)C)(C(C)C)O1. The van der Waals surface area contributed by atoms with Gasteiger partial charge in [-0.1, -0.05) is 48.1 Å². The summed E-state index contributed by atoms with van der Waals surface area (Å²) in [7, 11) is -11.4. The zero-order valence-electron chi connectivity index (χ0n) is 18.9. The topological polar surface area (TPSA) is 63.2 Å². The van der Waals surface area contributed by atoms with Crippen LogP contribution in [0.15, 0.2) is 12.2 Å². The maximum Gasteiger partial charge on any atom is 0.553 e. The highest BCUT2D eigenvalue weighted by atomic mass is 28.5. The van der Waals surface area contributed by atoms with E-state index in [2.05, 4.69) is 34.3 Å². The van der Waals surface area contributed by atoms with Gasteiger partial charge in [-0.05, 0) is 44.2 Å². The molecule has 1 aliphatic rings. The standard InChI is InChI=1S/C17H38O6Si4/c1-13(2)17(18)19-27(16(7)8)22-25(11,12)20-24(9,10)21-26(23-27,14(3)4)15(5)6/h14-16H,1H2,2-12H3. The first-order valence-corrected chi connectivity index (χ1v) is 19.1.